The highest BCUT2D eigenvalue weighted by Gasteiger charge is 2.10. The van der Waals surface area contributed by atoms with Crippen molar-refractivity contribution in [2.24, 2.45) is 0 Å². The molecule has 0 bridgehead atoms. The molecular formula is C14H16N4O4. The number of urea groups is 1. The number of allylic oxidation sites excluding steroid dienone is 3. The van der Waals surface area contributed by atoms with Crippen molar-refractivity contribution < 1.29 is 19.4 Å². The van der Waals surface area contributed by atoms with Crippen LogP contribution in [0.4, 0.5) is 10.6 Å². The Morgan fingerprint density at radius 3 is 2.77 bits per heavy atom. The van der Waals surface area contributed by atoms with Crippen LogP contribution >= 0.6 is 0 Å². The summed E-state index contributed by atoms with van der Waals surface area (Å²) in [7, 11) is 1.47. The van der Waals surface area contributed by atoms with Crippen molar-refractivity contribution in [2.45, 2.75) is 0 Å². The van der Waals surface area contributed by atoms with Gasteiger partial charge >= 0.3 is 12.0 Å². The Kier molecular flexibility index (Phi) is 6.30. The summed E-state index contributed by atoms with van der Waals surface area (Å²) in [5.74, 6) is -0.572. The van der Waals surface area contributed by atoms with Gasteiger partial charge in [0.05, 0.1) is 12.8 Å². The molecular weight excluding hydrogens is 288 g/mol. The normalized spacial score (nSPS) is 10.5. The van der Waals surface area contributed by atoms with Crippen molar-refractivity contribution in [3.63, 3.8) is 0 Å². The number of carboxylic acids is 1. The molecule has 2 amide bonds. The predicted molar refractivity (Wildman–Crippen MR) is 81.0 cm³/mol. The first-order valence-electron chi connectivity index (χ1n) is 6.13. The quantitative estimate of drug-likeness (QED) is 0.518. The third-order valence-electron chi connectivity index (χ3n) is 2.42. The van der Waals surface area contributed by atoms with Gasteiger partial charge in [0.25, 0.3) is 0 Å². The number of aromatic nitrogens is 2. The molecule has 116 valence electrons. The molecule has 0 spiro atoms. The van der Waals surface area contributed by atoms with E-state index in [-0.39, 0.29) is 5.82 Å². The second-order valence-electron chi connectivity index (χ2n) is 3.93. The highest BCUT2D eigenvalue weighted by molar-refractivity contribution is 5.90. The molecule has 22 heavy (non-hydrogen) atoms. The fraction of sp³-hybridized carbons (Fsp3) is 0.143. The molecule has 0 radical (unpaired) electrons. The predicted octanol–water partition coefficient (Wildman–Crippen LogP) is 1.41. The maximum atomic E-state index is 11.5. The molecule has 0 aliphatic heterocycles. The summed E-state index contributed by atoms with van der Waals surface area (Å²) in [5.41, 5.74) is 1.05. The van der Waals surface area contributed by atoms with Crippen molar-refractivity contribution in [1.82, 2.24) is 15.3 Å². The van der Waals surface area contributed by atoms with Crippen LogP contribution in [-0.2, 0) is 9.53 Å². The zero-order valence-corrected chi connectivity index (χ0v) is 12.0. The molecule has 8 heteroatoms. The molecule has 1 aromatic heterocycles. The molecule has 0 fully saturated rings. The SMILES string of the molecule is C=C/C=C(\C(=C)OC)c1cc(NC(=O)NCC(=O)O)ncn1. The highest BCUT2D eigenvalue weighted by Crippen LogP contribution is 2.21. The summed E-state index contributed by atoms with van der Waals surface area (Å²) in [6, 6.07) is 0.812. The number of amides is 2. The second kappa shape index (κ2) is 8.20. The number of aliphatic carboxylic acids is 1. The van der Waals surface area contributed by atoms with Crippen LogP contribution in [0.5, 0.6) is 0 Å². The Morgan fingerprint density at radius 2 is 2.18 bits per heavy atom. The van der Waals surface area contributed by atoms with E-state index in [1.54, 1.807) is 12.2 Å². The molecule has 3 N–H and O–H groups in total. The molecule has 0 unspecified atom stereocenters. The number of hydrogen-bond acceptors (Lipinski definition) is 5. The molecule has 1 aromatic rings. The number of hydrogen-bond donors (Lipinski definition) is 3. The van der Waals surface area contributed by atoms with E-state index in [9.17, 15) is 9.59 Å². The smallest absolute Gasteiger partial charge is 0.323 e. The largest absolute Gasteiger partial charge is 0.497 e. The van der Waals surface area contributed by atoms with E-state index in [0.717, 1.165) is 0 Å². The summed E-state index contributed by atoms with van der Waals surface area (Å²) in [4.78, 5) is 29.8. The van der Waals surface area contributed by atoms with E-state index in [1.807, 2.05) is 0 Å². The Balaban J connectivity index is 2.91. The van der Waals surface area contributed by atoms with Gasteiger partial charge in [0, 0.05) is 11.6 Å². The Hall–Kier alpha value is -3.16. The molecule has 0 aliphatic rings. The lowest BCUT2D eigenvalue weighted by Gasteiger charge is -2.10. The average molecular weight is 304 g/mol. The monoisotopic (exact) mass is 304 g/mol. The number of anilines is 1. The van der Waals surface area contributed by atoms with Crippen LogP contribution in [0.3, 0.4) is 0 Å². The minimum absolute atomic E-state index is 0.201. The van der Waals surface area contributed by atoms with Gasteiger partial charge < -0.3 is 15.2 Å². The van der Waals surface area contributed by atoms with Gasteiger partial charge in [-0.15, -0.1) is 0 Å². The Bertz CT molecular complexity index is 625. The first-order valence-corrected chi connectivity index (χ1v) is 6.13. The number of ether oxygens (including phenoxy) is 1. The number of rotatable bonds is 7. The maximum Gasteiger partial charge on any atom is 0.323 e. The van der Waals surface area contributed by atoms with Crippen molar-refractivity contribution in [1.29, 1.82) is 0 Å². The van der Waals surface area contributed by atoms with Crippen LogP contribution < -0.4 is 10.6 Å². The lowest BCUT2D eigenvalue weighted by atomic mass is 10.1. The van der Waals surface area contributed by atoms with Gasteiger partial charge in [0.1, 0.15) is 24.4 Å². The summed E-state index contributed by atoms with van der Waals surface area (Å²) in [5, 5.41) is 13.0. The minimum Gasteiger partial charge on any atom is -0.497 e. The zero-order valence-electron chi connectivity index (χ0n) is 12.0. The number of carboxylic acid groups (broad SMARTS) is 1. The van der Waals surface area contributed by atoms with Crippen LogP contribution in [0.1, 0.15) is 5.69 Å². The van der Waals surface area contributed by atoms with Crippen molar-refractivity contribution in [3.8, 4) is 0 Å². The van der Waals surface area contributed by atoms with Crippen LogP contribution in [0.2, 0.25) is 0 Å². The first kappa shape index (κ1) is 16.9. The van der Waals surface area contributed by atoms with Gasteiger partial charge in [0.2, 0.25) is 0 Å². The lowest BCUT2D eigenvalue weighted by molar-refractivity contribution is -0.135. The summed E-state index contributed by atoms with van der Waals surface area (Å²) < 4.78 is 5.07. The topological polar surface area (TPSA) is 113 Å². The van der Waals surface area contributed by atoms with E-state index in [1.165, 1.54) is 19.5 Å². The fourth-order valence-electron chi connectivity index (χ4n) is 1.44. The van der Waals surface area contributed by atoms with E-state index in [0.29, 0.717) is 17.0 Å². The fourth-order valence-corrected chi connectivity index (χ4v) is 1.44. The van der Waals surface area contributed by atoms with Gasteiger partial charge in [0.15, 0.2) is 0 Å². The summed E-state index contributed by atoms with van der Waals surface area (Å²) in [6.45, 7) is 6.85. The van der Waals surface area contributed by atoms with E-state index >= 15 is 0 Å². The van der Waals surface area contributed by atoms with E-state index < -0.39 is 18.5 Å². The third-order valence-corrected chi connectivity index (χ3v) is 2.42. The highest BCUT2D eigenvalue weighted by atomic mass is 16.5. The second-order valence-corrected chi connectivity index (χ2v) is 3.93. The van der Waals surface area contributed by atoms with E-state index in [2.05, 4.69) is 33.8 Å². The summed E-state index contributed by atoms with van der Waals surface area (Å²) in [6.07, 6.45) is 4.46. The van der Waals surface area contributed by atoms with Crippen LogP contribution in [0.25, 0.3) is 5.57 Å². The molecule has 0 saturated carbocycles. The van der Waals surface area contributed by atoms with Crippen molar-refractivity contribution >= 4 is 23.4 Å². The number of nitrogens with zero attached hydrogens (tertiary/aromatic N) is 2. The molecule has 1 heterocycles. The number of carbonyl (C=O) groups excluding carboxylic acids is 1. The number of carbonyl (C=O) groups is 2. The van der Waals surface area contributed by atoms with Gasteiger partial charge in [-0.05, 0) is 6.08 Å². The third kappa shape index (κ3) is 5.08. The van der Waals surface area contributed by atoms with Gasteiger partial charge in [-0.3, -0.25) is 10.1 Å². The molecule has 0 aromatic carbocycles. The standard InChI is InChI=1S/C14H16N4O4/c1-4-5-10(9(2)22-3)11-6-12(17-8-16-11)18-14(21)15-7-13(19)20/h4-6,8H,1-2,7H2,3H3,(H,19,20)(H2,15,16,17,18,21)/b10-5+. The average Bonchev–Trinajstić information content (AvgIpc) is 2.50. The van der Waals surface area contributed by atoms with E-state index in [4.69, 9.17) is 9.84 Å². The molecule has 0 aliphatic carbocycles. The Morgan fingerprint density at radius 1 is 1.45 bits per heavy atom. The molecule has 8 nitrogen and oxygen atoms in total. The molecule has 1 rings (SSSR count). The number of methoxy groups -OCH3 is 1. The summed E-state index contributed by atoms with van der Waals surface area (Å²) >= 11 is 0. The first-order chi connectivity index (χ1) is 10.5. The Labute approximate surface area is 127 Å². The van der Waals surface area contributed by atoms with Crippen molar-refractivity contribution in [2.75, 3.05) is 19.0 Å². The number of nitrogens with one attached hydrogen (secondary N) is 2. The van der Waals surface area contributed by atoms with Gasteiger partial charge in [-0.25, -0.2) is 14.8 Å². The lowest BCUT2D eigenvalue weighted by Crippen LogP contribution is -2.33. The van der Waals surface area contributed by atoms with Gasteiger partial charge in [-0.1, -0.05) is 19.2 Å². The van der Waals surface area contributed by atoms with Crippen molar-refractivity contribution in [3.05, 3.63) is 49.2 Å². The minimum atomic E-state index is -1.15. The van der Waals surface area contributed by atoms with Crippen LogP contribution in [-0.4, -0.2) is 40.7 Å². The van der Waals surface area contributed by atoms with Crippen LogP contribution in [0, 0.1) is 0 Å². The zero-order chi connectivity index (χ0) is 16.5. The molecule has 0 atom stereocenters. The maximum absolute atomic E-state index is 11.5. The van der Waals surface area contributed by atoms with Crippen LogP contribution in [0.15, 0.2) is 43.5 Å². The molecule has 0 saturated heterocycles. The van der Waals surface area contributed by atoms with Gasteiger partial charge in [-0.2, -0.15) is 0 Å².